The highest BCUT2D eigenvalue weighted by atomic mass is 15.3. The molecule has 0 bridgehead atoms. The first-order valence-electron chi connectivity index (χ1n) is 4.38. The van der Waals surface area contributed by atoms with Crippen molar-refractivity contribution in [2.24, 2.45) is 4.99 Å². The van der Waals surface area contributed by atoms with Gasteiger partial charge in [0.1, 0.15) is 5.84 Å². The molecule has 0 aromatic heterocycles. The minimum atomic E-state index is -0.0941. The molecule has 0 amide bonds. The Hall–Kier alpha value is -1.49. The second-order valence-corrected chi connectivity index (χ2v) is 3.68. The number of hydrogen-bond donors (Lipinski definition) is 0. The Morgan fingerprint density at radius 2 is 2.54 bits per heavy atom. The van der Waals surface area contributed by atoms with Crippen molar-refractivity contribution in [2.45, 2.75) is 18.9 Å². The van der Waals surface area contributed by atoms with E-state index in [1.807, 2.05) is 24.4 Å². The van der Waals surface area contributed by atoms with Gasteiger partial charge >= 0.3 is 0 Å². The topological polar surface area (TPSA) is 15.6 Å². The van der Waals surface area contributed by atoms with Crippen molar-refractivity contribution in [1.82, 2.24) is 4.90 Å². The maximum Gasteiger partial charge on any atom is 0.128 e. The lowest BCUT2D eigenvalue weighted by atomic mass is 10.0. The average molecular weight is 172 g/mol. The third kappa shape index (κ3) is 1.38. The van der Waals surface area contributed by atoms with Gasteiger partial charge in [-0.25, -0.2) is 0 Å². The molecule has 2 aliphatic rings. The van der Waals surface area contributed by atoms with E-state index >= 15 is 0 Å². The zero-order chi connectivity index (χ0) is 9.31. The third-order valence-corrected chi connectivity index (χ3v) is 2.30. The Morgan fingerprint density at radius 1 is 1.69 bits per heavy atom. The second-order valence-electron chi connectivity index (χ2n) is 3.68. The predicted octanol–water partition coefficient (Wildman–Crippen LogP) is 1.57. The van der Waals surface area contributed by atoms with Crippen LogP contribution in [0.25, 0.3) is 0 Å². The minimum Gasteiger partial charge on any atom is -0.331 e. The first-order valence-corrected chi connectivity index (χ1v) is 4.38. The van der Waals surface area contributed by atoms with Gasteiger partial charge in [-0.2, -0.15) is 0 Å². The molecule has 2 heterocycles. The van der Waals surface area contributed by atoms with Crippen LogP contribution in [-0.4, -0.2) is 22.8 Å². The lowest BCUT2D eigenvalue weighted by Crippen LogP contribution is -2.30. The van der Waals surface area contributed by atoms with E-state index < -0.39 is 0 Å². The highest BCUT2D eigenvalue weighted by Crippen LogP contribution is 2.25. The van der Waals surface area contributed by atoms with Gasteiger partial charge in [-0.1, -0.05) is 6.08 Å². The van der Waals surface area contributed by atoms with Crippen LogP contribution in [0.2, 0.25) is 0 Å². The number of terminal acetylenes is 1. The summed E-state index contributed by atoms with van der Waals surface area (Å²) in [7, 11) is 0. The van der Waals surface area contributed by atoms with E-state index in [1.165, 1.54) is 0 Å². The first kappa shape index (κ1) is 8.12. The van der Waals surface area contributed by atoms with Crippen molar-refractivity contribution in [3.8, 4) is 12.3 Å². The quantitative estimate of drug-likeness (QED) is 0.548. The van der Waals surface area contributed by atoms with Crippen LogP contribution in [0.5, 0.6) is 0 Å². The molecule has 0 N–H and O–H groups in total. The molecule has 0 saturated carbocycles. The van der Waals surface area contributed by atoms with Crippen molar-refractivity contribution in [3.63, 3.8) is 0 Å². The zero-order valence-electron chi connectivity index (χ0n) is 7.70. The first-order chi connectivity index (χ1) is 6.23. The van der Waals surface area contributed by atoms with Crippen molar-refractivity contribution in [3.05, 3.63) is 24.4 Å². The van der Waals surface area contributed by atoms with Gasteiger partial charge in [0.15, 0.2) is 0 Å². The van der Waals surface area contributed by atoms with E-state index in [2.05, 4.69) is 22.7 Å². The Labute approximate surface area is 78.7 Å². The van der Waals surface area contributed by atoms with E-state index in [1.54, 1.807) is 0 Å². The normalized spacial score (nSPS) is 29.8. The number of fused-ring (bicyclic) bond motifs is 1. The number of rotatable bonds is 1. The summed E-state index contributed by atoms with van der Waals surface area (Å²) in [6.45, 7) is 2.99. The second kappa shape index (κ2) is 2.77. The average Bonchev–Trinajstić information content (AvgIpc) is 2.40. The summed E-state index contributed by atoms with van der Waals surface area (Å²) in [6, 6.07) is 0. The lowest BCUT2D eigenvalue weighted by Gasteiger charge is -2.20. The summed E-state index contributed by atoms with van der Waals surface area (Å²) in [5, 5.41) is 0. The number of aliphatic imine (C=N–C) groups is 1. The van der Waals surface area contributed by atoms with Gasteiger partial charge in [-0.3, -0.25) is 4.99 Å². The molecule has 0 aromatic rings. The van der Waals surface area contributed by atoms with Crippen LogP contribution in [0, 0.1) is 12.3 Å². The van der Waals surface area contributed by atoms with E-state index in [-0.39, 0.29) is 5.54 Å². The van der Waals surface area contributed by atoms with Gasteiger partial charge in [0.2, 0.25) is 0 Å². The molecule has 2 nitrogen and oxygen atoms in total. The lowest BCUT2D eigenvalue weighted by molar-refractivity contribution is 0.427. The zero-order valence-corrected chi connectivity index (χ0v) is 7.70. The molecule has 2 rings (SSSR count). The van der Waals surface area contributed by atoms with Crippen LogP contribution in [0.4, 0.5) is 0 Å². The molecule has 0 spiro atoms. The van der Waals surface area contributed by atoms with Crippen molar-refractivity contribution in [2.75, 3.05) is 6.54 Å². The third-order valence-electron chi connectivity index (χ3n) is 2.30. The molecule has 66 valence electrons. The predicted molar refractivity (Wildman–Crippen MR) is 54.3 cm³/mol. The maximum absolute atomic E-state index is 5.31. The monoisotopic (exact) mass is 172 g/mol. The highest BCUT2D eigenvalue weighted by Gasteiger charge is 2.32. The van der Waals surface area contributed by atoms with Crippen molar-refractivity contribution in [1.29, 1.82) is 0 Å². The molecule has 2 heteroatoms. The van der Waals surface area contributed by atoms with Crippen LogP contribution in [0.3, 0.4) is 0 Å². The Balaban J connectivity index is 2.25. The van der Waals surface area contributed by atoms with E-state index in [0.29, 0.717) is 6.42 Å². The fraction of sp³-hybridized carbons (Fsp3) is 0.364. The van der Waals surface area contributed by atoms with E-state index in [0.717, 1.165) is 12.4 Å². The van der Waals surface area contributed by atoms with Gasteiger partial charge in [0.25, 0.3) is 0 Å². The molecule has 2 aliphatic heterocycles. The van der Waals surface area contributed by atoms with E-state index in [4.69, 9.17) is 6.42 Å². The van der Waals surface area contributed by atoms with E-state index in [9.17, 15) is 0 Å². The summed E-state index contributed by atoms with van der Waals surface area (Å²) in [6.07, 6.45) is 14.1. The smallest absolute Gasteiger partial charge is 0.128 e. The van der Waals surface area contributed by atoms with Crippen molar-refractivity contribution >= 4 is 5.84 Å². The summed E-state index contributed by atoms with van der Waals surface area (Å²) >= 11 is 0. The van der Waals surface area contributed by atoms with Crippen LogP contribution in [0.15, 0.2) is 29.4 Å². The summed E-state index contributed by atoms with van der Waals surface area (Å²) in [4.78, 5) is 6.73. The summed E-state index contributed by atoms with van der Waals surface area (Å²) < 4.78 is 0. The van der Waals surface area contributed by atoms with Crippen molar-refractivity contribution < 1.29 is 0 Å². The van der Waals surface area contributed by atoms with Crippen LogP contribution in [0.1, 0.15) is 13.3 Å². The van der Waals surface area contributed by atoms with Gasteiger partial charge in [-0.05, 0) is 19.1 Å². The number of allylic oxidation sites excluding steroid dienone is 2. The molecule has 13 heavy (non-hydrogen) atoms. The van der Waals surface area contributed by atoms with Gasteiger partial charge in [-0.15, -0.1) is 12.3 Å². The molecule has 0 radical (unpaired) electrons. The number of hydrogen-bond acceptors (Lipinski definition) is 2. The molecule has 0 saturated heterocycles. The van der Waals surface area contributed by atoms with Crippen LogP contribution >= 0.6 is 0 Å². The van der Waals surface area contributed by atoms with Gasteiger partial charge in [0, 0.05) is 19.2 Å². The molecule has 0 aromatic carbocycles. The highest BCUT2D eigenvalue weighted by molar-refractivity contribution is 5.96. The van der Waals surface area contributed by atoms with Crippen LogP contribution < -0.4 is 0 Å². The SMILES string of the molecule is C#CCC1(C)CN2C=CC=CC2=N1. The Kier molecular flexibility index (Phi) is 1.73. The fourth-order valence-electron chi connectivity index (χ4n) is 1.70. The summed E-state index contributed by atoms with van der Waals surface area (Å²) in [5.74, 6) is 3.71. The molecule has 0 aliphatic carbocycles. The molecular formula is C11H12N2. The number of nitrogens with zero attached hydrogens (tertiary/aromatic N) is 2. The maximum atomic E-state index is 5.31. The largest absolute Gasteiger partial charge is 0.331 e. The van der Waals surface area contributed by atoms with Gasteiger partial charge in [0.05, 0.1) is 5.54 Å². The molecular weight excluding hydrogens is 160 g/mol. The molecule has 1 atom stereocenters. The minimum absolute atomic E-state index is 0.0941. The fourth-order valence-corrected chi connectivity index (χ4v) is 1.70. The summed E-state index contributed by atoms with van der Waals surface area (Å²) in [5.41, 5.74) is -0.0941. The number of amidine groups is 1. The molecule has 0 fully saturated rings. The Morgan fingerprint density at radius 3 is 3.23 bits per heavy atom. The van der Waals surface area contributed by atoms with Crippen LogP contribution in [-0.2, 0) is 0 Å². The Bertz CT molecular complexity index is 344. The molecule has 1 unspecified atom stereocenters. The van der Waals surface area contributed by atoms with Gasteiger partial charge < -0.3 is 4.90 Å². The standard InChI is InChI=1S/C11H12N2/c1-3-7-11(2)9-13-8-5-4-6-10(13)12-11/h1,4-6,8H,7,9H2,2H3.